The molecule has 1 atom stereocenters. The number of carbonyl (C=O) groups is 2. The lowest BCUT2D eigenvalue weighted by atomic mass is 10.2. The fourth-order valence-electron chi connectivity index (χ4n) is 1.42. The summed E-state index contributed by atoms with van der Waals surface area (Å²) in [6, 6.07) is 6.60. The quantitative estimate of drug-likeness (QED) is 0.812. The number of hydrogen-bond acceptors (Lipinski definition) is 3. The Bertz CT molecular complexity index is 436. The number of aliphatic carboxylic acids is 1. The van der Waals surface area contributed by atoms with Gasteiger partial charge in [0, 0.05) is 10.8 Å². The van der Waals surface area contributed by atoms with Crippen LogP contribution in [0.25, 0.3) is 0 Å². The maximum absolute atomic E-state index is 11.5. The lowest BCUT2D eigenvalue weighted by molar-refractivity contribution is -0.141. The molecule has 1 aromatic carbocycles. The van der Waals surface area contributed by atoms with Gasteiger partial charge in [-0.3, -0.25) is 4.79 Å². The molecule has 1 rings (SSSR count). The van der Waals surface area contributed by atoms with Gasteiger partial charge < -0.3 is 10.4 Å². The maximum Gasteiger partial charge on any atom is 0.326 e. The second-order valence-electron chi connectivity index (χ2n) is 3.99. The minimum Gasteiger partial charge on any atom is -0.480 e. The third-order valence-corrected chi connectivity index (χ3v) is 3.71. The molecule has 104 valence electrons. The fourth-order valence-corrected chi connectivity index (χ4v) is 2.34. The van der Waals surface area contributed by atoms with E-state index in [0.29, 0.717) is 17.2 Å². The molecule has 6 heteroatoms. The van der Waals surface area contributed by atoms with Crippen molar-refractivity contribution in [3.63, 3.8) is 0 Å². The molecular weight excluding hydrogens is 286 g/mol. The van der Waals surface area contributed by atoms with E-state index < -0.39 is 12.0 Å². The van der Waals surface area contributed by atoms with Gasteiger partial charge in [-0.2, -0.15) is 0 Å². The predicted molar refractivity (Wildman–Crippen MR) is 77.5 cm³/mol. The highest BCUT2D eigenvalue weighted by Gasteiger charge is 2.17. The summed E-state index contributed by atoms with van der Waals surface area (Å²) in [5, 5.41) is 12.0. The molecule has 1 amide bonds. The number of carboxylic acids is 1. The molecule has 0 aliphatic rings. The minimum atomic E-state index is -1.00. The van der Waals surface area contributed by atoms with Crippen LogP contribution < -0.4 is 5.32 Å². The second kappa shape index (κ2) is 8.07. The van der Waals surface area contributed by atoms with Crippen LogP contribution in [-0.2, 0) is 15.3 Å². The smallest absolute Gasteiger partial charge is 0.326 e. The number of benzene rings is 1. The molecule has 2 N–H and O–H groups in total. The maximum atomic E-state index is 11.5. The first-order chi connectivity index (χ1) is 9.02. The first-order valence-electron chi connectivity index (χ1n) is 5.87. The third-order valence-electron chi connectivity index (χ3n) is 2.46. The van der Waals surface area contributed by atoms with Crippen molar-refractivity contribution in [2.75, 3.05) is 5.75 Å². The Kier molecular flexibility index (Phi) is 6.73. The summed E-state index contributed by atoms with van der Waals surface area (Å²) >= 11 is 7.21. The second-order valence-corrected chi connectivity index (χ2v) is 5.41. The molecule has 0 saturated carbocycles. The summed E-state index contributed by atoms with van der Waals surface area (Å²) in [5.74, 6) is -0.326. The van der Waals surface area contributed by atoms with E-state index in [9.17, 15) is 9.59 Å². The number of carboxylic acid groups (broad SMARTS) is 1. The predicted octanol–water partition coefficient (Wildman–Crippen LogP) is 2.55. The average molecular weight is 302 g/mol. The minimum absolute atomic E-state index is 0.242. The first kappa shape index (κ1) is 15.9. The van der Waals surface area contributed by atoms with E-state index in [1.54, 1.807) is 19.1 Å². The lowest BCUT2D eigenvalue weighted by Crippen LogP contribution is -2.41. The van der Waals surface area contributed by atoms with Crippen LogP contribution in [-0.4, -0.2) is 28.8 Å². The van der Waals surface area contributed by atoms with Gasteiger partial charge in [0.2, 0.25) is 5.91 Å². The summed E-state index contributed by atoms with van der Waals surface area (Å²) in [4.78, 5) is 22.3. The number of thioether (sulfide) groups is 1. The number of hydrogen-bond donors (Lipinski definition) is 2. The van der Waals surface area contributed by atoms with Gasteiger partial charge in [-0.25, -0.2) is 4.79 Å². The van der Waals surface area contributed by atoms with Crippen molar-refractivity contribution >= 4 is 35.2 Å². The zero-order valence-corrected chi connectivity index (χ0v) is 12.1. The van der Waals surface area contributed by atoms with Crippen molar-refractivity contribution < 1.29 is 14.7 Å². The van der Waals surface area contributed by atoms with Crippen LogP contribution in [0.15, 0.2) is 24.3 Å². The summed E-state index contributed by atoms with van der Waals surface area (Å²) in [6.07, 6.45) is 0.378. The normalized spacial score (nSPS) is 11.9. The van der Waals surface area contributed by atoms with Gasteiger partial charge in [0.05, 0.1) is 5.75 Å². The zero-order chi connectivity index (χ0) is 14.3. The summed E-state index contributed by atoms with van der Waals surface area (Å²) in [6.45, 7) is 1.72. The fraction of sp³-hybridized carbons (Fsp3) is 0.385. The number of amides is 1. The van der Waals surface area contributed by atoms with Gasteiger partial charge in [-0.15, -0.1) is 11.8 Å². The van der Waals surface area contributed by atoms with Gasteiger partial charge >= 0.3 is 5.97 Å². The molecule has 19 heavy (non-hydrogen) atoms. The Morgan fingerprint density at radius 3 is 2.53 bits per heavy atom. The summed E-state index contributed by atoms with van der Waals surface area (Å²) < 4.78 is 0. The van der Waals surface area contributed by atoms with Gasteiger partial charge in [0.15, 0.2) is 0 Å². The van der Waals surface area contributed by atoms with Crippen molar-refractivity contribution in [3.8, 4) is 0 Å². The molecule has 0 spiro atoms. The van der Waals surface area contributed by atoms with E-state index in [-0.39, 0.29) is 11.7 Å². The Morgan fingerprint density at radius 1 is 1.37 bits per heavy atom. The Hall–Kier alpha value is -1.20. The van der Waals surface area contributed by atoms with Crippen molar-refractivity contribution in [2.24, 2.45) is 0 Å². The Morgan fingerprint density at radius 2 is 2.00 bits per heavy atom. The largest absolute Gasteiger partial charge is 0.480 e. The lowest BCUT2D eigenvalue weighted by Gasteiger charge is -2.11. The molecule has 0 aliphatic carbocycles. The van der Waals surface area contributed by atoms with Gasteiger partial charge in [-0.1, -0.05) is 30.7 Å². The Balaban J connectivity index is 2.30. The van der Waals surface area contributed by atoms with E-state index in [2.05, 4.69) is 5.32 Å². The third kappa shape index (κ3) is 5.98. The topological polar surface area (TPSA) is 66.4 Å². The van der Waals surface area contributed by atoms with Gasteiger partial charge in [-0.05, 0) is 24.1 Å². The van der Waals surface area contributed by atoms with E-state index in [1.807, 2.05) is 12.1 Å². The number of halogens is 1. The summed E-state index contributed by atoms with van der Waals surface area (Å²) in [5.41, 5.74) is 1.08. The SMILES string of the molecule is CC[C@H](NC(=O)CSCc1ccc(Cl)cc1)C(=O)O. The molecule has 0 fully saturated rings. The molecule has 0 saturated heterocycles. The van der Waals surface area contributed by atoms with Crippen LogP contribution in [0.2, 0.25) is 5.02 Å². The van der Waals surface area contributed by atoms with E-state index in [1.165, 1.54) is 11.8 Å². The van der Waals surface area contributed by atoms with Crippen LogP contribution in [0.3, 0.4) is 0 Å². The molecule has 0 bridgehead atoms. The van der Waals surface area contributed by atoms with E-state index >= 15 is 0 Å². The first-order valence-corrected chi connectivity index (χ1v) is 7.40. The van der Waals surface area contributed by atoms with Gasteiger partial charge in [0.1, 0.15) is 6.04 Å². The molecule has 0 aromatic heterocycles. The number of rotatable bonds is 7. The number of carbonyl (C=O) groups excluding carboxylic acids is 1. The van der Waals surface area contributed by atoms with Crippen LogP contribution in [0.4, 0.5) is 0 Å². The highest BCUT2D eigenvalue weighted by molar-refractivity contribution is 7.99. The molecule has 0 heterocycles. The Labute approximate surface area is 121 Å². The van der Waals surface area contributed by atoms with Crippen LogP contribution in [0.1, 0.15) is 18.9 Å². The van der Waals surface area contributed by atoms with Crippen molar-refractivity contribution in [1.29, 1.82) is 0 Å². The monoisotopic (exact) mass is 301 g/mol. The molecular formula is C13H16ClNO3S. The van der Waals surface area contributed by atoms with Crippen LogP contribution >= 0.6 is 23.4 Å². The van der Waals surface area contributed by atoms with Gasteiger partial charge in [0.25, 0.3) is 0 Å². The van der Waals surface area contributed by atoms with Crippen molar-refractivity contribution in [2.45, 2.75) is 25.1 Å². The van der Waals surface area contributed by atoms with Crippen LogP contribution in [0, 0.1) is 0 Å². The summed E-state index contributed by atoms with van der Waals surface area (Å²) in [7, 11) is 0. The highest BCUT2D eigenvalue weighted by Crippen LogP contribution is 2.15. The number of nitrogens with one attached hydrogen (secondary N) is 1. The zero-order valence-electron chi connectivity index (χ0n) is 10.6. The molecule has 1 aromatic rings. The van der Waals surface area contributed by atoms with E-state index in [4.69, 9.17) is 16.7 Å². The highest BCUT2D eigenvalue weighted by atomic mass is 35.5. The van der Waals surface area contributed by atoms with Crippen LogP contribution in [0.5, 0.6) is 0 Å². The van der Waals surface area contributed by atoms with E-state index in [0.717, 1.165) is 5.56 Å². The molecule has 0 unspecified atom stereocenters. The van der Waals surface area contributed by atoms with Crippen molar-refractivity contribution in [3.05, 3.63) is 34.9 Å². The molecule has 0 radical (unpaired) electrons. The average Bonchev–Trinajstić information content (AvgIpc) is 2.38. The standard InChI is InChI=1S/C13H16ClNO3S/c1-2-11(13(17)18)15-12(16)8-19-7-9-3-5-10(14)6-4-9/h3-6,11H,2,7-8H2,1H3,(H,15,16)(H,17,18)/t11-/m0/s1. The molecule has 0 aliphatic heterocycles. The molecule has 4 nitrogen and oxygen atoms in total. The van der Waals surface area contributed by atoms with Crippen molar-refractivity contribution in [1.82, 2.24) is 5.32 Å².